The Morgan fingerprint density at radius 1 is 0.386 bits per heavy atom. The number of imide groups is 1. The first-order chi connectivity index (χ1) is 21.8. The van der Waals surface area contributed by atoms with Gasteiger partial charge < -0.3 is 42.6 Å². The standard InChI is InChI=1S/C32H45NO11/c34-31-29-8-4-5-9-30(29)32(35)33(31)10-11-36-12-13-37-14-15-38-16-17-39-18-19-40-20-21-41-22-23-42-24-25-43-26-27-44-28-6-2-1-3-7-28/h1-9H,10-27H2. The number of para-hydroxylation sites is 1. The van der Waals surface area contributed by atoms with E-state index in [4.69, 9.17) is 42.6 Å². The molecule has 244 valence electrons. The molecule has 0 aromatic heterocycles. The lowest BCUT2D eigenvalue weighted by atomic mass is 10.1. The van der Waals surface area contributed by atoms with E-state index in [9.17, 15) is 9.59 Å². The smallest absolute Gasteiger partial charge is 0.261 e. The molecule has 0 saturated heterocycles. The van der Waals surface area contributed by atoms with Gasteiger partial charge in [-0.25, -0.2) is 0 Å². The third-order valence-electron chi connectivity index (χ3n) is 6.18. The van der Waals surface area contributed by atoms with Crippen LogP contribution in [0.4, 0.5) is 0 Å². The highest BCUT2D eigenvalue weighted by atomic mass is 16.6. The van der Waals surface area contributed by atoms with Crippen LogP contribution in [0.3, 0.4) is 0 Å². The van der Waals surface area contributed by atoms with Crippen LogP contribution in [-0.2, 0) is 37.9 Å². The van der Waals surface area contributed by atoms with Gasteiger partial charge >= 0.3 is 0 Å². The number of benzene rings is 2. The topological polar surface area (TPSA) is 120 Å². The molecule has 2 aromatic carbocycles. The Morgan fingerprint density at radius 2 is 0.705 bits per heavy atom. The van der Waals surface area contributed by atoms with E-state index >= 15 is 0 Å². The van der Waals surface area contributed by atoms with Gasteiger partial charge in [-0.2, -0.15) is 0 Å². The van der Waals surface area contributed by atoms with Crippen molar-refractivity contribution in [2.75, 3.05) is 119 Å². The van der Waals surface area contributed by atoms with Gasteiger partial charge in [-0.15, -0.1) is 0 Å². The summed E-state index contributed by atoms with van der Waals surface area (Å²) >= 11 is 0. The minimum Gasteiger partial charge on any atom is -0.491 e. The highest BCUT2D eigenvalue weighted by Gasteiger charge is 2.34. The van der Waals surface area contributed by atoms with Crippen molar-refractivity contribution >= 4 is 11.8 Å². The van der Waals surface area contributed by atoms with Gasteiger partial charge in [0.15, 0.2) is 0 Å². The average Bonchev–Trinajstić information content (AvgIpc) is 3.29. The summed E-state index contributed by atoms with van der Waals surface area (Å²) in [6.45, 7) is 8.11. The van der Waals surface area contributed by atoms with Crippen molar-refractivity contribution in [2.45, 2.75) is 0 Å². The summed E-state index contributed by atoms with van der Waals surface area (Å²) < 4.78 is 49.3. The van der Waals surface area contributed by atoms with Crippen molar-refractivity contribution in [3.8, 4) is 5.75 Å². The molecule has 0 atom stereocenters. The lowest BCUT2D eigenvalue weighted by molar-refractivity contribution is -0.0238. The van der Waals surface area contributed by atoms with Gasteiger partial charge in [-0.3, -0.25) is 14.5 Å². The minimum atomic E-state index is -0.276. The Labute approximate surface area is 259 Å². The molecule has 0 spiro atoms. The molecule has 2 aromatic rings. The number of nitrogens with zero attached hydrogens (tertiary/aromatic N) is 1. The Bertz CT molecular complexity index is 1000. The first kappa shape index (κ1) is 35.5. The van der Waals surface area contributed by atoms with Gasteiger partial charge in [0.05, 0.1) is 123 Å². The molecule has 3 rings (SSSR count). The molecule has 1 aliphatic heterocycles. The quantitative estimate of drug-likeness (QED) is 0.103. The summed E-state index contributed by atoms with van der Waals surface area (Å²) in [7, 11) is 0. The molecule has 2 amide bonds. The van der Waals surface area contributed by atoms with Crippen LogP contribution >= 0.6 is 0 Å². The number of carbonyl (C=O) groups is 2. The molecule has 1 heterocycles. The fourth-order valence-corrected chi connectivity index (χ4v) is 3.97. The number of hydrogen-bond acceptors (Lipinski definition) is 11. The molecule has 0 radical (unpaired) electrons. The highest BCUT2D eigenvalue weighted by Crippen LogP contribution is 2.21. The second-order valence-electron chi connectivity index (χ2n) is 9.37. The average molecular weight is 620 g/mol. The summed E-state index contributed by atoms with van der Waals surface area (Å²) in [6, 6.07) is 16.5. The van der Waals surface area contributed by atoms with Crippen LogP contribution in [0, 0.1) is 0 Å². The van der Waals surface area contributed by atoms with Crippen LogP contribution < -0.4 is 4.74 Å². The van der Waals surface area contributed by atoms with E-state index in [2.05, 4.69) is 0 Å². The molecule has 0 bridgehead atoms. The third kappa shape index (κ3) is 14.7. The number of rotatable bonds is 28. The second-order valence-corrected chi connectivity index (χ2v) is 9.37. The lowest BCUT2D eigenvalue weighted by Crippen LogP contribution is -2.33. The van der Waals surface area contributed by atoms with E-state index in [1.54, 1.807) is 24.3 Å². The van der Waals surface area contributed by atoms with Crippen LogP contribution in [0.5, 0.6) is 5.75 Å². The molecular weight excluding hydrogens is 574 g/mol. The molecule has 0 N–H and O–H groups in total. The van der Waals surface area contributed by atoms with Crippen molar-refractivity contribution < 1.29 is 52.2 Å². The molecule has 12 nitrogen and oxygen atoms in total. The fraction of sp³-hybridized carbons (Fsp3) is 0.562. The van der Waals surface area contributed by atoms with E-state index in [0.29, 0.717) is 117 Å². The summed E-state index contributed by atoms with van der Waals surface area (Å²) in [5.41, 5.74) is 0.887. The number of carbonyl (C=O) groups excluding carboxylic acids is 2. The fourth-order valence-electron chi connectivity index (χ4n) is 3.97. The Kier molecular flexibility index (Phi) is 18.9. The first-order valence-corrected chi connectivity index (χ1v) is 15.0. The zero-order chi connectivity index (χ0) is 30.9. The number of hydrogen-bond donors (Lipinski definition) is 0. The Balaban J connectivity index is 0.950. The van der Waals surface area contributed by atoms with Gasteiger partial charge in [0.2, 0.25) is 0 Å². The van der Waals surface area contributed by atoms with E-state index in [1.807, 2.05) is 30.3 Å². The van der Waals surface area contributed by atoms with Gasteiger partial charge in [-0.1, -0.05) is 30.3 Å². The van der Waals surface area contributed by atoms with Crippen molar-refractivity contribution in [3.63, 3.8) is 0 Å². The number of fused-ring (bicyclic) bond motifs is 1. The zero-order valence-electron chi connectivity index (χ0n) is 25.4. The van der Waals surface area contributed by atoms with Gasteiger partial charge in [0.1, 0.15) is 12.4 Å². The van der Waals surface area contributed by atoms with Crippen LogP contribution in [0.15, 0.2) is 54.6 Å². The minimum absolute atomic E-state index is 0.217. The number of amides is 2. The highest BCUT2D eigenvalue weighted by molar-refractivity contribution is 6.21. The monoisotopic (exact) mass is 619 g/mol. The van der Waals surface area contributed by atoms with Crippen molar-refractivity contribution in [2.24, 2.45) is 0 Å². The zero-order valence-corrected chi connectivity index (χ0v) is 25.4. The molecule has 0 unspecified atom stereocenters. The Hall–Kier alpha value is -2.94. The van der Waals surface area contributed by atoms with Gasteiger partial charge in [0, 0.05) is 0 Å². The van der Waals surface area contributed by atoms with Crippen molar-refractivity contribution in [1.82, 2.24) is 4.90 Å². The summed E-state index contributed by atoms with van der Waals surface area (Å²) in [5.74, 6) is 0.286. The molecular formula is C32H45NO11. The first-order valence-electron chi connectivity index (χ1n) is 15.0. The second kappa shape index (κ2) is 23.4. The van der Waals surface area contributed by atoms with E-state index in [0.717, 1.165) is 5.75 Å². The maximum atomic E-state index is 12.3. The number of ether oxygens (including phenoxy) is 9. The summed E-state index contributed by atoms with van der Waals surface area (Å²) in [4.78, 5) is 25.8. The summed E-state index contributed by atoms with van der Waals surface area (Å²) in [6.07, 6.45) is 0. The van der Waals surface area contributed by atoms with E-state index in [1.165, 1.54) is 4.90 Å². The largest absolute Gasteiger partial charge is 0.491 e. The van der Waals surface area contributed by atoms with Gasteiger partial charge in [0.25, 0.3) is 11.8 Å². The van der Waals surface area contributed by atoms with Crippen LogP contribution in [0.25, 0.3) is 0 Å². The van der Waals surface area contributed by atoms with Crippen molar-refractivity contribution in [3.05, 3.63) is 65.7 Å². The van der Waals surface area contributed by atoms with Crippen LogP contribution in [0.2, 0.25) is 0 Å². The van der Waals surface area contributed by atoms with Crippen LogP contribution in [0.1, 0.15) is 20.7 Å². The predicted octanol–water partition coefficient (Wildman–Crippen LogP) is 2.49. The lowest BCUT2D eigenvalue weighted by Gasteiger charge is -2.13. The molecule has 44 heavy (non-hydrogen) atoms. The maximum Gasteiger partial charge on any atom is 0.261 e. The molecule has 1 aliphatic rings. The molecule has 0 fully saturated rings. The summed E-state index contributed by atoms with van der Waals surface area (Å²) in [5, 5.41) is 0. The van der Waals surface area contributed by atoms with Gasteiger partial charge in [-0.05, 0) is 24.3 Å². The van der Waals surface area contributed by atoms with E-state index < -0.39 is 0 Å². The Morgan fingerprint density at radius 3 is 1.09 bits per heavy atom. The van der Waals surface area contributed by atoms with Crippen LogP contribution in [-0.4, -0.2) is 136 Å². The van der Waals surface area contributed by atoms with Crippen molar-refractivity contribution in [1.29, 1.82) is 0 Å². The third-order valence-corrected chi connectivity index (χ3v) is 6.18. The molecule has 12 heteroatoms. The predicted molar refractivity (Wildman–Crippen MR) is 160 cm³/mol. The normalized spacial score (nSPS) is 12.7. The SMILES string of the molecule is O=C1c2ccccc2C(=O)N1CCOCCOCCOCCOCCOCCOCCOCCOCCOc1ccccc1. The molecule has 0 aliphatic carbocycles. The molecule has 0 saturated carbocycles. The van der Waals surface area contributed by atoms with E-state index in [-0.39, 0.29) is 25.0 Å². The maximum absolute atomic E-state index is 12.3.